The summed E-state index contributed by atoms with van der Waals surface area (Å²) in [4.78, 5) is 16.4. The number of hydrogen-bond acceptors (Lipinski definition) is 5. The van der Waals surface area contributed by atoms with Crippen LogP contribution in [0.5, 0.6) is 0 Å². The summed E-state index contributed by atoms with van der Waals surface area (Å²) in [5, 5.41) is 12.0. The lowest BCUT2D eigenvalue weighted by molar-refractivity contribution is -0.117. The number of piperazine rings is 1. The maximum atomic E-state index is 12.1. The highest BCUT2D eigenvalue weighted by atomic mass is 16.5. The van der Waals surface area contributed by atoms with E-state index in [0.717, 1.165) is 32.6 Å². The Morgan fingerprint density at radius 1 is 1.28 bits per heavy atom. The van der Waals surface area contributed by atoms with Crippen LogP contribution in [0, 0.1) is 11.3 Å². The van der Waals surface area contributed by atoms with Crippen LogP contribution >= 0.6 is 0 Å². The lowest BCUT2D eigenvalue weighted by Crippen LogP contribution is -2.44. The zero-order valence-electron chi connectivity index (χ0n) is 14.8. The molecule has 1 aliphatic rings. The third-order valence-corrected chi connectivity index (χ3v) is 4.07. The van der Waals surface area contributed by atoms with Crippen LogP contribution in [0.4, 0.5) is 5.69 Å². The van der Waals surface area contributed by atoms with Gasteiger partial charge in [0.1, 0.15) is 11.6 Å². The van der Waals surface area contributed by atoms with E-state index in [1.165, 1.54) is 5.69 Å². The molecule has 0 spiro atoms. The van der Waals surface area contributed by atoms with Gasteiger partial charge in [0.25, 0.3) is 5.91 Å². The first-order chi connectivity index (χ1) is 12.2. The van der Waals surface area contributed by atoms with Crippen LogP contribution in [-0.4, -0.2) is 56.7 Å². The Balaban J connectivity index is 1.80. The van der Waals surface area contributed by atoms with Gasteiger partial charge in [-0.25, -0.2) is 0 Å². The molecule has 1 fully saturated rings. The van der Waals surface area contributed by atoms with E-state index in [1.54, 1.807) is 6.20 Å². The molecule has 0 radical (unpaired) electrons. The summed E-state index contributed by atoms with van der Waals surface area (Å²) in [6.45, 7) is 7.06. The number of rotatable bonds is 8. The number of hydrogen-bond donors (Lipinski definition) is 1. The predicted molar refractivity (Wildman–Crippen MR) is 98.0 cm³/mol. The van der Waals surface area contributed by atoms with Crippen molar-refractivity contribution in [2.24, 2.45) is 0 Å². The molecule has 1 saturated heterocycles. The minimum atomic E-state index is -0.315. The molecule has 25 heavy (non-hydrogen) atoms. The number of ether oxygens (including phenoxy) is 1. The fraction of sp³-hybridized carbons (Fsp3) is 0.474. The molecule has 1 N–H and O–H groups in total. The van der Waals surface area contributed by atoms with Crippen molar-refractivity contribution in [1.82, 2.24) is 10.2 Å². The summed E-state index contributed by atoms with van der Waals surface area (Å²) in [6.07, 6.45) is 2.42. The maximum absolute atomic E-state index is 12.1. The van der Waals surface area contributed by atoms with Crippen molar-refractivity contribution >= 4 is 11.6 Å². The van der Waals surface area contributed by atoms with Crippen LogP contribution in [0.1, 0.15) is 13.3 Å². The topological polar surface area (TPSA) is 68.6 Å². The summed E-state index contributed by atoms with van der Waals surface area (Å²) >= 11 is 0. The van der Waals surface area contributed by atoms with Gasteiger partial charge in [0.05, 0.1) is 0 Å². The molecule has 2 rings (SSSR count). The van der Waals surface area contributed by atoms with Crippen molar-refractivity contribution in [2.75, 3.05) is 50.8 Å². The number of nitrogens with one attached hydrogen (secondary N) is 1. The molecule has 1 aromatic carbocycles. The highest BCUT2D eigenvalue weighted by molar-refractivity contribution is 5.97. The highest BCUT2D eigenvalue weighted by Crippen LogP contribution is 2.16. The van der Waals surface area contributed by atoms with Gasteiger partial charge >= 0.3 is 0 Å². The smallest absolute Gasteiger partial charge is 0.263 e. The number of anilines is 1. The van der Waals surface area contributed by atoms with E-state index in [9.17, 15) is 10.1 Å². The number of para-hydroxylation sites is 1. The summed E-state index contributed by atoms with van der Waals surface area (Å²) in [6, 6.07) is 12.3. The molecule has 0 aliphatic carbocycles. The largest absolute Gasteiger partial charge is 0.382 e. The van der Waals surface area contributed by atoms with E-state index in [2.05, 4.69) is 22.3 Å². The van der Waals surface area contributed by atoms with Crippen molar-refractivity contribution in [3.8, 4) is 6.07 Å². The number of benzene rings is 1. The lowest BCUT2D eigenvalue weighted by Gasteiger charge is -2.35. The van der Waals surface area contributed by atoms with Crippen molar-refractivity contribution in [1.29, 1.82) is 5.26 Å². The average Bonchev–Trinajstić information content (AvgIpc) is 2.67. The zero-order chi connectivity index (χ0) is 17.9. The fourth-order valence-electron chi connectivity index (χ4n) is 2.68. The highest BCUT2D eigenvalue weighted by Gasteiger charge is 2.17. The lowest BCUT2D eigenvalue weighted by atomic mass is 10.2. The van der Waals surface area contributed by atoms with Gasteiger partial charge in [0, 0.05) is 57.8 Å². The summed E-state index contributed by atoms with van der Waals surface area (Å²) in [7, 11) is 0. The number of carbonyl (C=O) groups excluding carboxylic acids is 1. The molecule has 6 heteroatoms. The Kier molecular flexibility index (Phi) is 7.80. The van der Waals surface area contributed by atoms with Gasteiger partial charge in [-0.15, -0.1) is 0 Å². The first-order valence-electron chi connectivity index (χ1n) is 8.76. The average molecular weight is 342 g/mol. The van der Waals surface area contributed by atoms with Gasteiger partial charge in [-0.1, -0.05) is 18.2 Å². The van der Waals surface area contributed by atoms with Crippen LogP contribution in [0.2, 0.25) is 0 Å². The third-order valence-electron chi connectivity index (χ3n) is 4.07. The minimum absolute atomic E-state index is 0.157. The Morgan fingerprint density at radius 2 is 2.00 bits per heavy atom. The van der Waals surface area contributed by atoms with E-state index in [-0.39, 0.29) is 11.5 Å². The number of amides is 1. The first kappa shape index (κ1) is 18.8. The van der Waals surface area contributed by atoms with Gasteiger partial charge in [0.15, 0.2) is 0 Å². The first-order valence-corrected chi connectivity index (χ1v) is 8.76. The number of nitrogens with zero attached hydrogens (tertiary/aromatic N) is 3. The maximum Gasteiger partial charge on any atom is 0.263 e. The van der Waals surface area contributed by atoms with E-state index in [1.807, 2.05) is 36.1 Å². The molecular weight excluding hydrogens is 316 g/mol. The summed E-state index contributed by atoms with van der Waals surface area (Å²) in [5.74, 6) is -0.315. The molecule has 1 amide bonds. The van der Waals surface area contributed by atoms with E-state index in [0.29, 0.717) is 19.8 Å². The SMILES string of the molecule is CCOCCCNC(=O)/C(C#N)=C\N1CCN(c2ccccc2)CC1. The summed E-state index contributed by atoms with van der Waals surface area (Å²) in [5.41, 5.74) is 1.36. The van der Waals surface area contributed by atoms with Crippen molar-refractivity contribution in [3.63, 3.8) is 0 Å². The van der Waals surface area contributed by atoms with Crippen LogP contribution in [-0.2, 0) is 9.53 Å². The molecule has 0 bridgehead atoms. The molecular formula is C19H26N4O2. The van der Waals surface area contributed by atoms with Crippen molar-refractivity contribution < 1.29 is 9.53 Å². The standard InChI is InChI=1S/C19H26N4O2/c1-2-25-14-6-9-21-19(24)17(15-20)16-22-10-12-23(13-11-22)18-7-4-3-5-8-18/h3-5,7-8,16H,2,6,9-14H2,1H3,(H,21,24)/b17-16-. The number of carbonyl (C=O) groups is 1. The Bertz CT molecular complexity index is 602. The second-order valence-corrected chi connectivity index (χ2v) is 5.82. The fourth-order valence-corrected chi connectivity index (χ4v) is 2.68. The van der Waals surface area contributed by atoms with Crippen LogP contribution < -0.4 is 10.2 Å². The second-order valence-electron chi connectivity index (χ2n) is 5.82. The van der Waals surface area contributed by atoms with Gasteiger partial charge in [-0.2, -0.15) is 5.26 Å². The molecule has 6 nitrogen and oxygen atoms in total. The number of nitriles is 1. The predicted octanol–water partition coefficient (Wildman–Crippen LogP) is 1.76. The molecule has 134 valence electrons. The van der Waals surface area contributed by atoms with Crippen molar-refractivity contribution in [3.05, 3.63) is 42.1 Å². The van der Waals surface area contributed by atoms with Crippen molar-refractivity contribution in [2.45, 2.75) is 13.3 Å². The van der Waals surface area contributed by atoms with E-state index in [4.69, 9.17) is 4.74 Å². The molecule has 1 aromatic rings. The molecule has 1 heterocycles. The molecule has 0 saturated carbocycles. The van der Waals surface area contributed by atoms with Crippen LogP contribution in [0.15, 0.2) is 42.1 Å². The zero-order valence-corrected chi connectivity index (χ0v) is 14.8. The third kappa shape index (κ3) is 6.12. The monoisotopic (exact) mass is 342 g/mol. The minimum Gasteiger partial charge on any atom is -0.382 e. The van der Waals surface area contributed by atoms with E-state index < -0.39 is 0 Å². The van der Waals surface area contributed by atoms with Gasteiger partial charge in [0.2, 0.25) is 0 Å². The Hall–Kier alpha value is -2.52. The van der Waals surface area contributed by atoms with Crippen LogP contribution in [0.3, 0.4) is 0 Å². The van der Waals surface area contributed by atoms with Gasteiger partial charge < -0.3 is 19.9 Å². The Labute approximate surface area is 149 Å². The van der Waals surface area contributed by atoms with Gasteiger partial charge in [-0.3, -0.25) is 4.79 Å². The summed E-state index contributed by atoms with van der Waals surface area (Å²) < 4.78 is 5.23. The Morgan fingerprint density at radius 3 is 2.64 bits per heavy atom. The van der Waals surface area contributed by atoms with E-state index >= 15 is 0 Å². The molecule has 0 aromatic heterocycles. The molecule has 0 unspecified atom stereocenters. The molecule has 0 atom stereocenters. The molecule has 1 aliphatic heterocycles. The van der Waals surface area contributed by atoms with Gasteiger partial charge in [-0.05, 0) is 25.5 Å². The normalized spacial score (nSPS) is 15.0. The quantitative estimate of drug-likeness (QED) is 0.443. The van der Waals surface area contributed by atoms with Crippen LogP contribution in [0.25, 0.3) is 0 Å². The second kappa shape index (κ2) is 10.4.